The molecule has 2 N–H and O–H groups in total. The summed E-state index contributed by atoms with van der Waals surface area (Å²) in [5.41, 5.74) is 2.33. The van der Waals surface area contributed by atoms with Gasteiger partial charge in [-0.25, -0.2) is 0 Å². The van der Waals surface area contributed by atoms with Gasteiger partial charge in [-0.2, -0.15) is 0 Å². The van der Waals surface area contributed by atoms with Gasteiger partial charge in [-0.3, -0.25) is 4.99 Å². The molecular formula is C18H32IN3O2. The van der Waals surface area contributed by atoms with Crippen LogP contribution in [0, 0.1) is 6.92 Å². The first-order chi connectivity index (χ1) is 11.1. The molecule has 0 aliphatic rings. The van der Waals surface area contributed by atoms with E-state index in [0.717, 1.165) is 36.8 Å². The number of halogens is 1. The lowest BCUT2D eigenvalue weighted by Gasteiger charge is -2.18. The first-order valence-corrected chi connectivity index (χ1v) is 8.39. The average molecular weight is 449 g/mol. The minimum Gasteiger partial charge on any atom is -0.490 e. The van der Waals surface area contributed by atoms with Gasteiger partial charge in [0.1, 0.15) is 5.75 Å². The molecule has 138 valence electrons. The second kappa shape index (κ2) is 13.3. The highest BCUT2D eigenvalue weighted by Crippen LogP contribution is 2.22. The van der Waals surface area contributed by atoms with Gasteiger partial charge in [-0.1, -0.05) is 19.1 Å². The number of hydrogen-bond acceptors (Lipinski definition) is 3. The summed E-state index contributed by atoms with van der Waals surface area (Å²) in [6.45, 7) is 11.1. The highest BCUT2D eigenvalue weighted by atomic mass is 127. The first-order valence-electron chi connectivity index (χ1n) is 8.39. The molecule has 0 saturated carbocycles. The molecule has 0 radical (unpaired) electrons. The lowest BCUT2D eigenvalue weighted by atomic mass is 10.1. The largest absolute Gasteiger partial charge is 0.490 e. The second-order valence-corrected chi connectivity index (χ2v) is 5.50. The fourth-order valence-electron chi connectivity index (χ4n) is 2.00. The zero-order valence-electron chi connectivity index (χ0n) is 15.5. The van der Waals surface area contributed by atoms with Crippen LogP contribution in [0.2, 0.25) is 0 Å². The zero-order valence-corrected chi connectivity index (χ0v) is 17.8. The molecule has 0 amide bonds. The van der Waals surface area contributed by atoms with Crippen molar-refractivity contribution in [1.29, 1.82) is 0 Å². The molecule has 1 aromatic rings. The van der Waals surface area contributed by atoms with E-state index in [2.05, 4.69) is 54.6 Å². The van der Waals surface area contributed by atoms with Gasteiger partial charge < -0.3 is 20.1 Å². The molecule has 0 spiro atoms. The Kier molecular flexibility index (Phi) is 12.7. The molecule has 24 heavy (non-hydrogen) atoms. The van der Waals surface area contributed by atoms with Crippen LogP contribution in [0.15, 0.2) is 23.2 Å². The normalized spacial score (nSPS) is 12.3. The molecular weight excluding hydrogens is 417 g/mol. The van der Waals surface area contributed by atoms with Crippen LogP contribution in [0.4, 0.5) is 0 Å². The maximum Gasteiger partial charge on any atom is 0.191 e. The molecule has 6 heteroatoms. The van der Waals surface area contributed by atoms with Crippen LogP contribution < -0.4 is 15.4 Å². The number of nitrogens with zero attached hydrogens (tertiary/aromatic N) is 1. The summed E-state index contributed by atoms with van der Waals surface area (Å²) in [6.07, 6.45) is 1.20. The Morgan fingerprint density at radius 2 is 2.00 bits per heavy atom. The zero-order chi connectivity index (χ0) is 17.1. The highest BCUT2D eigenvalue weighted by molar-refractivity contribution is 14.0. The molecule has 0 aromatic heterocycles. The Bertz CT molecular complexity index is 495. The molecule has 5 nitrogen and oxygen atoms in total. The summed E-state index contributed by atoms with van der Waals surface area (Å²) < 4.78 is 11.3. The topological polar surface area (TPSA) is 54.9 Å². The van der Waals surface area contributed by atoms with E-state index < -0.39 is 0 Å². The number of ether oxygens (including phenoxy) is 2. The fraction of sp³-hybridized carbons (Fsp3) is 0.611. The van der Waals surface area contributed by atoms with Gasteiger partial charge >= 0.3 is 0 Å². The lowest BCUT2D eigenvalue weighted by Crippen LogP contribution is -2.38. The summed E-state index contributed by atoms with van der Waals surface area (Å²) in [5.74, 6) is 1.70. The Morgan fingerprint density at radius 3 is 2.62 bits per heavy atom. The van der Waals surface area contributed by atoms with E-state index in [4.69, 9.17) is 9.47 Å². The Labute approximate surface area is 163 Å². The van der Waals surface area contributed by atoms with Crippen molar-refractivity contribution in [2.24, 2.45) is 4.99 Å². The number of rotatable bonds is 9. The molecule has 0 saturated heterocycles. The van der Waals surface area contributed by atoms with E-state index in [9.17, 15) is 0 Å². The standard InChI is InChI=1S/C18H31N3O2.HI/c1-6-15(4)23-17-12-14(3)8-9-16(17)13-21-18(19-5)20-10-11-22-7-2;/h8-9,12,15H,6-7,10-11,13H2,1-5H3,(H2,19,20,21);1H. The summed E-state index contributed by atoms with van der Waals surface area (Å²) >= 11 is 0. The second-order valence-electron chi connectivity index (χ2n) is 5.50. The molecule has 0 aliphatic carbocycles. The predicted molar refractivity (Wildman–Crippen MR) is 112 cm³/mol. The molecule has 1 atom stereocenters. The molecule has 0 fully saturated rings. The van der Waals surface area contributed by atoms with Gasteiger partial charge in [0.25, 0.3) is 0 Å². The summed E-state index contributed by atoms with van der Waals surface area (Å²) in [5, 5.41) is 6.55. The quantitative estimate of drug-likeness (QED) is 0.262. The number of hydrogen-bond donors (Lipinski definition) is 2. The smallest absolute Gasteiger partial charge is 0.191 e. The molecule has 1 unspecified atom stereocenters. The molecule has 0 aliphatic heterocycles. The highest BCUT2D eigenvalue weighted by Gasteiger charge is 2.08. The Morgan fingerprint density at radius 1 is 1.25 bits per heavy atom. The summed E-state index contributed by atoms with van der Waals surface area (Å²) in [4.78, 5) is 4.22. The van der Waals surface area contributed by atoms with Crippen molar-refractivity contribution in [3.8, 4) is 5.75 Å². The van der Waals surface area contributed by atoms with Crippen molar-refractivity contribution < 1.29 is 9.47 Å². The maximum atomic E-state index is 6.03. The number of nitrogens with one attached hydrogen (secondary N) is 2. The van der Waals surface area contributed by atoms with E-state index in [0.29, 0.717) is 13.2 Å². The van der Waals surface area contributed by atoms with Crippen LogP contribution in [0.1, 0.15) is 38.3 Å². The Hall–Kier alpha value is -1.02. The van der Waals surface area contributed by atoms with Gasteiger partial charge in [0.15, 0.2) is 5.96 Å². The average Bonchev–Trinajstić information content (AvgIpc) is 2.55. The van der Waals surface area contributed by atoms with Crippen LogP contribution in [0.3, 0.4) is 0 Å². The summed E-state index contributed by atoms with van der Waals surface area (Å²) in [6, 6.07) is 6.30. The van der Waals surface area contributed by atoms with Gasteiger partial charge in [-0.15, -0.1) is 24.0 Å². The maximum absolute atomic E-state index is 6.03. The van der Waals surface area contributed by atoms with Gasteiger partial charge in [0.05, 0.1) is 12.7 Å². The van der Waals surface area contributed by atoms with Crippen molar-refractivity contribution in [2.45, 2.75) is 46.8 Å². The van der Waals surface area contributed by atoms with Gasteiger partial charge in [-0.05, 0) is 38.8 Å². The first kappa shape index (κ1) is 23.0. The third-order valence-corrected chi connectivity index (χ3v) is 3.54. The van der Waals surface area contributed by atoms with Crippen LogP contribution in [-0.2, 0) is 11.3 Å². The van der Waals surface area contributed by atoms with Gasteiger partial charge in [0, 0.05) is 32.3 Å². The summed E-state index contributed by atoms with van der Waals surface area (Å²) in [7, 11) is 1.77. The van der Waals surface area contributed by atoms with E-state index in [-0.39, 0.29) is 30.1 Å². The third kappa shape index (κ3) is 8.73. The van der Waals surface area contributed by atoms with Crippen LogP contribution in [-0.4, -0.2) is 38.9 Å². The van der Waals surface area contributed by atoms with Crippen molar-refractivity contribution in [3.05, 3.63) is 29.3 Å². The third-order valence-electron chi connectivity index (χ3n) is 3.54. The minimum atomic E-state index is 0. The number of guanidine groups is 1. The predicted octanol–water partition coefficient (Wildman–Crippen LogP) is 3.49. The lowest BCUT2D eigenvalue weighted by molar-refractivity contribution is 0.152. The van der Waals surface area contributed by atoms with E-state index in [1.807, 2.05) is 6.92 Å². The number of benzene rings is 1. The van der Waals surface area contributed by atoms with Crippen molar-refractivity contribution in [3.63, 3.8) is 0 Å². The van der Waals surface area contributed by atoms with Crippen molar-refractivity contribution in [1.82, 2.24) is 10.6 Å². The van der Waals surface area contributed by atoms with E-state index in [1.165, 1.54) is 5.56 Å². The van der Waals surface area contributed by atoms with Gasteiger partial charge in [0.2, 0.25) is 0 Å². The molecule has 0 heterocycles. The SMILES string of the molecule is CCOCCNC(=NC)NCc1ccc(C)cc1OC(C)CC.I. The molecule has 1 rings (SSSR count). The molecule has 0 bridgehead atoms. The molecule has 1 aromatic carbocycles. The van der Waals surface area contributed by atoms with Crippen molar-refractivity contribution >= 4 is 29.9 Å². The monoisotopic (exact) mass is 449 g/mol. The van der Waals surface area contributed by atoms with Crippen LogP contribution in [0.25, 0.3) is 0 Å². The van der Waals surface area contributed by atoms with Crippen LogP contribution in [0.5, 0.6) is 5.75 Å². The number of aliphatic imine (C=N–C) groups is 1. The minimum absolute atomic E-state index is 0. The fourth-order valence-corrected chi connectivity index (χ4v) is 2.00. The van der Waals surface area contributed by atoms with Crippen molar-refractivity contribution in [2.75, 3.05) is 26.8 Å². The van der Waals surface area contributed by atoms with E-state index >= 15 is 0 Å². The van der Waals surface area contributed by atoms with E-state index in [1.54, 1.807) is 7.05 Å². The Balaban J connectivity index is 0.00000529. The van der Waals surface area contributed by atoms with Crippen LogP contribution >= 0.6 is 24.0 Å². The number of aryl methyl sites for hydroxylation is 1.